The Kier molecular flexibility index (Phi) is 5.91. The zero-order valence-corrected chi connectivity index (χ0v) is 14.9. The highest BCUT2D eigenvalue weighted by Gasteiger charge is 2.11. The van der Waals surface area contributed by atoms with Gasteiger partial charge in [0.15, 0.2) is 0 Å². The van der Waals surface area contributed by atoms with Crippen LogP contribution in [-0.4, -0.2) is 21.9 Å². The molecular formula is C16H17BCl2O4. The largest absolute Gasteiger partial charge is 0.576 e. The maximum Gasteiger partial charge on any atom is 0.576 e. The van der Waals surface area contributed by atoms with Crippen molar-refractivity contribution < 1.29 is 18.8 Å². The summed E-state index contributed by atoms with van der Waals surface area (Å²) >= 11 is 12.3. The molecule has 7 heteroatoms. The van der Waals surface area contributed by atoms with Gasteiger partial charge in [-0.3, -0.25) is 0 Å². The second-order valence-electron chi connectivity index (χ2n) is 4.91. The predicted molar refractivity (Wildman–Crippen MR) is 93.9 cm³/mol. The first-order valence-electron chi connectivity index (χ1n) is 6.90. The summed E-state index contributed by atoms with van der Waals surface area (Å²) in [6, 6.07) is 7.00. The number of ether oxygens (including phenoxy) is 2. The van der Waals surface area contributed by atoms with Crippen LogP contribution in [0.2, 0.25) is 10.0 Å². The maximum atomic E-state index is 6.15. The molecule has 0 amide bonds. The Balaban J connectivity index is 2.06. The molecule has 0 aliphatic carbocycles. The van der Waals surface area contributed by atoms with Gasteiger partial charge in [-0.25, -0.2) is 0 Å². The average molecular weight is 355 g/mol. The standard InChI is InChI=1S/C16H17BCl2O4/c1-9-5-15(11(18)7-13(9)20-3)22-17-23-16-6-10(2)14(21-4)8-12(16)19/h5-8,17H,1-4H3. The predicted octanol–water partition coefficient (Wildman–Crippen LogP) is 4.35. The molecule has 0 unspecified atom stereocenters. The molecule has 2 rings (SSSR count). The SMILES string of the molecule is COc1cc(Cl)c(OBOc2cc(C)c(OC)cc2Cl)cc1C. The van der Waals surface area contributed by atoms with Crippen LogP contribution in [0.25, 0.3) is 0 Å². The van der Waals surface area contributed by atoms with E-state index >= 15 is 0 Å². The topological polar surface area (TPSA) is 36.9 Å². The number of benzene rings is 2. The lowest BCUT2D eigenvalue weighted by Crippen LogP contribution is -2.12. The zero-order chi connectivity index (χ0) is 17.0. The summed E-state index contributed by atoms with van der Waals surface area (Å²) in [5.74, 6) is 2.45. The number of aryl methyl sites for hydroxylation is 2. The summed E-state index contributed by atoms with van der Waals surface area (Å²) in [5, 5.41) is 0.904. The minimum atomic E-state index is -0.0169. The molecule has 0 spiro atoms. The van der Waals surface area contributed by atoms with Gasteiger partial charge in [0, 0.05) is 12.1 Å². The molecule has 2 aromatic rings. The maximum absolute atomic E-state index is 6.15. The van der Waals surface area contributed by atoms with E-state index in [1.165, 1.54) is 0 Å². The first kappa shape index (κ1) is 17.6. The van der Waals surface area contributed by atoms with E-state index in [0.717, 1.165) is 11.1 Å². The Morgan fingerprint density at radius 1 is 0.696 bits per heavy atom. The van der Waals surface area contributed by atoms with Crippen molar-refractivity contribution in [3.63, 3.8) is 0 Å². The smallest absolute Gasteiger partial charge is 0.527 e. The third-order valence-corrected chi connectivity index (χ3v) is 3.92. The molecule has 4 nitrogen and oxygen atoms in total. The highest BCUT2D eigenvalue weighted by molar-refractivity contribution is 6.34. The van der Waals surface area contributed by atoms with Crippen molar-refractivity contribution in [2.75, 3.05) is 14.2 Å². The Morgan fingerprint density at radius 3 is 1.43 bits per heavy atom. The molecule has 0 N–H and O–H groups in total. The Labute approximate surface area is 146 Å². The fourth-order valence-electron chi connectivity index (χ4n) is 2.09. The second kappa shape index (κ2) is 7.71. The van der Waals surface area contributed by atoms with Gasteiger partial charge in [-0.2, -0.15) is 0 Å². The molecule has 0 atom stereocenters. The number of hydrogen-bond acceptors (Lipinski definition) is 4. The van der Waals surface area contributed by atoms with Gasteiger partial charge < -0.3 is 18.8 Å². The van der Waals surface area contributed by atoms with Crippen molar-refractivity contribution in [3.8, 4) is 23.0 Å². The highest BCUT2D eigenvalue weighted by Crippen LogP contribution is 2.33. The zero-order valence-electron chi connectivity index (χ0n) is 13.4. The van der Waals surface area contributed by atoms with Crippen molar-refractivity contribution in [2.45, 2.75) is 13.8 Å². The van der Waals surface area contributed by atoms with E-state index in [1.54, 1.807) is 38.5 Å². The van der Waals surface area contributed by atoms with Crippen LogP contribution in [0.1, 0.15) is 11.1 Å². The van der Waals surface area contributed by atoms with Crippen molar-refractivity contribution in [3.05, 3.63) is 45.4 Å². The highest BCUT2D eigenvalue weighted by atomic mass is 35.5. The van der Waals surface area contributed by atoms with E-state index in [-0.39, 0.29) is 7.69 Å². The fourth-order valence-corrected chi connectivity index (χ4v) is 2.51. The Morgan fingerprint density at radius 2 is 1.09 bits per heavy atom. The van der Waals surface area contributed by atoms with E-state index in [4.69, 9.17) is 42.0 Å². The molecule has 122 valence electrons. The molecule has 0 radical (unpaired) electrons. The van der Waals surface area contributed by atoms with Crippen LogP contribution in [-0.2, 0) is 0 Å². The van der Waals surface area contributed by atoms with Crippen LogP contribution in [0.4, 0.5) is 0 Å². The molecule has 0 heterocycles. The lowest BCUT2D eigenvalue weighted by atomic mass is 10.2. The van der Waals surface area contributed by atoms with Crippen LogP contribution in [0.3, 0.4) is 0 Å². The van der Waals surface area contributed by atoms with Gasteiger partial charge in [-0.15, -0.1) is 0 Å². The van der Waals surface area contributed by atoms with Crippen LogP contribution < -0.4 is 18.8 Å². The quantitative estimate of drug-likeness (QED) is 0.722. The summed E-state index contributed by atoms with van der Waals surface area (Å²) in [6.45, 7) is 3.82. The normalized spacial score (nSPS) is 10.2. The fraction of sp³-hybridized carbons (Fsp3) is 0.250. The third-order valence-electron chi connectivity index (χ3n) is 3.33. The molecule has 0 saturated heterocycles. The van der Waals surface area contributed by atoms with E-state index in [2.05, 4.69) is 0 Å². The van der Waals surface area contributed by atoms with Crippen LogP contribution in [0.15, 0.2) is 24.3 Å². The summed E-state index contributed by atoms with van der Waals surface area (Å²) in [4.78, 5) is 0. The van der Waals surface area contributed by atoms with E-state index < -0.39 is 0 Å². The Hall–Kier alpha value is -1.72. The summed E-state index contributed by atoms with van der Waals surface area (Å²) < 4.78 is 21.6. The molecule has 0 aliphatic rings. The lowest BCUT2D eigenvalue weighted by Gasteiger charge is -2.14. The Bertz CT molecular complexity index is 647. The number of hydrogen-bond donors (Lipinski definition) is 0. The van der Waals surface area contributed by atoms with Gasteiger partial charge >= 0.3 is 7.69 Å². The molecule has 2 aromatic carbocycles. The van der Waals surface area contributed by atoms with Gasteiger partial charge in [0.25, 0.3) is 0 Å². The van der Waals surface area contributed by atoms with Crippen LogP contribution >= 0.6 is 23.2 Å². The van der Waals surface area contributed by atoms with Crippen molar-refractivity contribution in [2.24, 2.45) is 0 Å². The van der Waals surface area contributed by atoms with Gasteiger partial charge in [0.1, 0.15) is 23.0 Å². The average Bonchev–Trinajstić information content (AvgIpc) is 2.53. The second-order valence-corrected chi connectivity index (χ2v) is 5.73. The molecular weight excluding hydrogens is 338 g/mol. The third kappa shape index (κ3) is 4.18. The van der Waals surface area contributed by atoms with E-state index in [9.17, 15) is 0 Å². The van der Waals surface area contributed by atoms with Crippen molar-refractivity contribution in [1.29, 1.82) is 0 Å². The molecule has 0 bridgehead atoms. The van der Waals surface area contributed by atoms with Gasteiger partial charge in [0.2, 0.25) is 0 Å². The molecule has 0 saturated carbocycles. The summed E-state index contributed by atoms with van der Waals surface area (Å²) in [6.07, 6.45) is 0. The van der Waals surface area contributed by atoms with Crippen LogP contribution in [0, 0.1) is 13.8 Å². The lowest BCUT2D eigenvalue weighted by molar-refractivity contribution is 0.408. The van der Waals surface area contributed by atoms with E-state index in [1.807, 2.05) is 13.8 Å². The number of rotatable bonds is 6. The number of methoxy groups -OCH3 is 2. The van der Waals surface area contributed by atoms with Gasteiger partial charge in [-0.1, -0.05) is 23.2 Å². The molecule has 0 aliphatic heterocycles. The number of halogens is 2. The van der Waals surface area contributed by atoms with Gasteiger partial charge in [-0.05, 0) is 37.1 Å². The minimum Gasteiger partial charge on any atom is -0.527 e. The summed E-state index contributed by atoms with van der Waals surface area (Å²) in [7, 11) is 3.17. The van der Waals surface area contributed by atoms with Crippen molar-refractivity contribution >= 4 is 30.9 Å². The molecule has 0 aromatic heterocycles. The first-order valence-corrected chi connectivity index (χ1v) is 7.65. The van der Waals surface area contributed by atoms with Crippen molar-refractivity contribution in [1.82, 2.24) is 0 Å². The molecule has 23 heavy (non-hydrogen) atoms. The molecule has 0 fully saturated rings. The van der Waals surface area contributed by atoms with Crippen LogP contribution in [0.5, 0.6) is 23.0 Å². The summed E-state index contributed by atoms with van der Waals surface area (Å²) in [5.41, 5.74) is 1.84. The minimum absolute atomic E-state index is 0.0169. The van der Waals surface area contributed by atoms with Gasteiger partial charge in [0.05, 0.1) is 24.3 Å². The monoisotopic (exact) mass is 354 g/mol. The first-order chi connectivity index (χ1) is 11.0. The van der Waals surface area contributed by atoms with E-state index in [0.29, 0.717) is 33.0 Å².